The van der Waals surface area contributed by atoms with Crippen LogP contribution >= 0.6 is 0 Å². The Morgan fingerprint density at radius 3 is 2.54 bits per heavy atom. The van der Waals surface area contributed by atoms with Crippen LogP contribution < -0.4 is 4.74 Å². The molecule has 2 bridgehead atoms. The fourth-order valence-electron chi connectivity index (χ4n) is 4.81. The highest BCUT2D eigenvalue weighted by atomic mass is 16.5. The minimum Gasteiger partial charge on any atom is -0.489 e. The molecule has 0 spiro atoms. The number of ether oxygens (including phenoxy) is 2. The second-order valence-electron chi connectivity index (χ2n) is 7.88. The number of para-hydroxylation sites is 1. The molecule has 26 heavy (non-hydrogen) atoms. The monoisotopic (exact) mass is 348 g/mol. The van der Waals surface area contributed by atoms with Crippen LogP contribution in [0.1, 0.15) is 38.0 Å². The van der Waals surface area contributed by atoms with Gasteiger partial charge in [0.05, 0.1) is 12.7 Å². The van der Waals surface area contributed by atoms with Gasteiger partial charge in [-0.1, -0.05) is 74.0 Å². The van der Waals surface area contributed by atoms with E-state index in [1.54, 1.807) is 0 Å². The van der Waals surface area contributed by atoms with Gasteiger partial charge < -0.3 is 9.47 Å². The second kappa shape index (κ2) is 7.28. The maximum atomic E-state index is 6.41. The quantitative estimate of drug-likeness (QED) is 0.650. The van der Waals surface area contributed by atoms with Crippen LogP contribution in [0.3, 0.4) is 0 Å². The molecule has 5 atom stereocenters. The fraction of sp³-hybridized carbons (Fsp3) is 0.417. The lowest BCUT2D eigenvalue weighted by atomic mass is 9.64. The van der Waals surface area contributed by atoms with Crippen molar-refractivity contribution in [2.75, 3.05) is 6.61 Å². The lowest BCUT2D eigenvalue weighted by molar-refractivity contribution is -0.0942. The number of allylic oxidation sites excluding steroid dienone is 1. The van der Waals surface area contributed by atoms with Crippen LogP contribution in [0, 0.1) is 23.7 Å². The van der Waals surface area contributed by atoms with Gasteiger partial charge >= 0.3 is 0 Å². The zero-order valence-electron chi connectivity index (χ0n) is 15.9. The van der Waals surface area contributed by atoms with Crippen LogP contribution in [0.4, 0.5) is 0 Å². The van der Waals surface area contributed by atoms with Crippen molar-refractivity contribution in [3.05, 3.63) is 77.4 Å². The maximum Gasteiger partial charge on any atom is 0.125 e. The van der Waals surface area contributed by atoms with E-state index >= 15 is 0 Å². The molecular formula is C24H28O2. The van der Waals surface area contributed by atoms with Crippen molar-refractivity contribution in [1.82, 2.24) is 0 Å². The van der Waals surface area contributed by atoms with Gasteiger partial charge in [-0.05, 0) is 36.3 Å². The average molecular weight is 348 g/mol. The minimum atomic E-state index is 0.0805. The predicted octanol–water partition coefficient (Wildman–Crippen LogP) is 5.80. The van der Waals surface area contributed by atoms with Gasteiger partial charge in [-0.15, -0.1) is 0 Å². The molecule has 2 heteroatoms. The van der Waals surface area contributed by atoms with Gasteiger partial charge in [0.25, 0.3) is 0 Å². The fourth-order valence-corrected chi connectivity index (χ4v) is 4.81. The summed E-state index contributed by atoms with van der Waals surface area (Å²) < 4.78 is 12.6. The lowest BCUT2D eigenvalue weighted by Gasteiger charge is -2.47. The maximum absolute atomic E-state index is 6.41. The van der Waals surface area contributed by atoms with E-state index in [0.717, 1.165) is 12.4 Å². The van der Waals surface area contributed by atoms with Crippen molar-refractivity contribution >= 4 is 0 Å². The highest BCUT2D eigenvalue weighted by Gasteiger charge is 2.44. The van der Waals surface area contributed by atoms with Crippen LogP contribution in [0.2, 0.25) is 0 Å². The summed E-state index contributed by atoms with van der Waals surface area (Å²) in [7, 11) is 0. The van der Waals surface area contributed by atoms with E-state index in [4.69, 9.17) is 9.47 Å². The largest absolute Gasteiger partial charge is 0.489 e. The van der Waals surface area contributed by atoms with E-state index in [0.29, 0.717) is 30.3 Å². The summed E-state index contributed by atoms with van der Waals surface area (Å²) in [5, 5.41) is 0. The topological polar surface area (TPSA) is 18.5 Å². The van der Waals surface area contributed by atoms with Crippen LogP contribution in [0.15, 0.2) is 66.2 Å². The molecule has 1 aliphatic carbocycles. The van der Waals surface area contributed by atoms with E-state index in [1.807, 2.05) is 24.3 Å². The molecular weight excluding hydrogens is 320 g/mol. The molecule has 0 amide bonds. The Labute approximate surface area is 156 Å². The molecule has 2 aromatic carbocycles. The molecule has 136 valence electrons. The third kappa shape index (κ3) is 3.19. The Bertz CT molecular complexity index is 780. The van der Waals surface area contributed by atoms with E-state index in [2.05, 4.69) is 57.2 Å². The Balaban J connectivity index is 1.61. The highest BCUT2D eigenvalue weighted by molar-refractivity contribution is 5.38. The number of fused-ring (bicyclic) bond motifs is 2. The Hall–Kier alpha value is -2.06. The Morgan fingerprint density at radius 1 is 1.00 bits per heavy atom. The summed E-state index contributed by atoms with van der Waals surface area (Å²) >= 11 is 0. The summed E-state index contributed by atoms with van der Waals surface area (Å²) in [6.07, 6.45) is 2.54. The first kappa shape index (κ1) is 17.4. The number of rotatable bonds is 4. The van der Waals surface area contributed by atoms with Gasteiger partial charge in [0.1, 0.15) is 12.4 Å². The standard InChI is InChI=1S/C24H28O2/c1-16-13-17(2)23-18(3)21(16)15-26-24(23)20-11-7-8-12-22(20)25-14-19-9-5-4-6-10-19/h4-13,16,18,21,23-24H,14-15H2,1-3H3/t16-,18-,21+,23+,24-/m0/s1. The predicted molar refractivity (Wildman–Crippen MR) is 105 cm³/mol. The lowest BCUT2D eigenvalue weighted by Crippen LogP contribution is -2.42. The van der Waals surface area contributed by atoms with E-state index in [-0.39, 0.29) is 6.10 Å². The van der Waals surface area contributed by atoms with E-state index < -0.39 is 0 Å². The van der Waals surface area contributed by atoms with Crippen molar-refractivity contribution in [3.8, 4) is 5.75 Å². The van der Waals surface area contributed by atoms with Gasteiger partial charge in [0.2, 0.25) is 0 Å². The molecule has 2 aliphatic rings. The summed E-state index contributed by atoms with van der Waals surface area (Å²) in [6.45, 7) is 8.40. The first-order valence-corrected chi connectivity index (χ1v) is 9.70. The number of hydrogen-bond donors (Lipinski definition) is 0. The smallest absolute Gasteiger partial charge is 0.125 e. The van der Waals surface area contributed by atoms with Crippen LogP contribution in [0.5, 0.6) is 5.75 Å². The SMILES string of the molecule is CC1=C[C@H](C)[C@H]2CO[C@@H](c3ccccc3OCc3ccccc3)[C@H]1[C@H]2C. The zero-order valence-corrected chi connectivity index (χ0v) is 15.9. The molecule has 1 heterocycles. The molecule has 0 N–H and O–H groups in total. The first-order chi connectivity index (χ1) is 12.6. The molecule has 0 unspecified atom stereocenters. The van der Waals surface area contributed by atoms with Crippen LogP contribution in [-0.2, 0) is 11.3 Å². The van der Waals surface area contributed by atoms with Crippen LogP contribution in [-0.4, -0.2) is 6.61 Å². The van der Waals surface area contributed by atoms with Crippen molar-refractivity contribution in [3.63, 3.8) is 0 Å². The third-order valence-corrected chi connectivity index (χ3v) is 6.23. The van der Waals surface area contributed by atoms with Crippen LogP contribution in [0.25, 0.3) is 0 Å². The van der Waals surface area contributed by atoms with Gasteiger partial charge in [-0.25, -0.2) is 0 Å². The summed E-state index contributed by atoms with van der Waals surface area (Å²) in [4.78, 5) is 0. The zero-order chi connectivity index (χ0) is 18.1. The summed E-state index contributed by atoms with van der Waals surface area (Å²) in [5.74, 6) is 3.24. The Morgan fingerprint density at radius 2 is 1.73 bits per heavy atom. The first-order valence-electron chi connectivity index (χ1n) is 9.70. The summed E-state index contributed by atoms with van der Waals surface area (Å²) in [5.41, 5.74) is 3.83. The molecule has 0 radical (unpaired) electrons. The molecule has 1 aliphatic heterocycles. The van der Waals surface area contributed by atoms with Gasteiger partial charge in [0.15, 0.2) is 0 Å². The van der Waals surface area contributed by atoms with Crippen molar-refractivity contribution in [2.24, 2.45) is 23.7 Å². The number of benzene rings is 2. The molecule has 1 saturated heterocycles. The molecule has 2 aromatic rings. The van der Waals surface area contributed by atoms with Gasteiger partial charge in [-0.2, -0.15) is 0 Å². The van der Waals surface area contributed by atoms with E-state index in [9.17, 15) is 0 Å². The number of hydrogen-bond acceptors (Lipinski definition) is 2. The van der Waals surface area contributed by atoms with Crippen molar-refractivity contribution in [2.45, 2.75) is 33.5 Å². The normalized spacial score (nSPS) is 30.6. The van der Waals surface area contributed by atoms with Crippen molar-refractivity contribution in [1.29, 1.82) is 0 Å². The second-order valence-corrected chi connectivity index (χ2v) is 7.88. The van der Waals surface area contributed by atoms with Crippen molar-refractivity contribution < 1.29 is 9.47 Å². The summed E-state index contributed by atoms with van der Waals surface area (Å²) in [6, 6.07) is 18.7. The third-order valence-electron chi connectivity index (χ3n) is 6.23. The molecule has 1 fully saturated rings. The minimum absolute atomic E-state index is 0.0805. The molecule has 4 rings (SSSR count). The highest BCUT2D eigenvalue weighted by Crippen LogP contribution is 2.51. The molecule has 2 nitrogen and oxygen atoms in total. The van der Waals surface area contributed by atoms with E-state index in [1.165, 1.54) is 16.7 Å². The molecule has 0 aromatic heterocycles. The Kier molecular flexibility index (Phi) is 4.86. The van der Waals surface area contributed by atoms with Gasteiger partial charge in [-0.3, -0.25) is 0 Å². The van der Waals surface area contributed by atoms with Gasteiger partial charge in [0, 0.05) is 11.5 Å². The average Bonchev–Trinajstić information content (AvgIpc) is 2.65. The molecule has 0 saturated carbocycles.